The molecule has 0 radical (unpaired) electrons. The molecule has 0 spiro atoms. The zero-order chi connectivity index (χ0) is 19.8. The lowest BCUT2D eigenvalue weighted by Crippen LogP contribution is -2.26. The van der Waals surface area contributed by atoms with E-state index < -0.39 is 5.97 Å². The van der Waals surface area contributed by atoms with Crippen LogP contribution in [0.15, 0.2) is 48.5 Å². The van der Waals surface area contributed by atoms with Crippen molar-refractivity contribution in [2.24, 2.45) is 0 Å². The number of hydrogen-bond donors (Lipinski definition) is 1. The molecule has 4 nitrogen and oxygen atoms in total. The highest BCUT2D eigenvalue weighted by Crippen LogP contribution is 2.24. The van der Waals surface area contributed by atoms with Gasteiger partial charge in [-0.15, -0.1) is 0 Å². The van der Waals surface area contributed by atoms with Gasteiger partial charge in [0.2, 0.25) is 0 Å². The minimum Gasteiger partial charge on any atom is -0.490 e. The van der Waals surface area contributed by atoms with Gasteiger partial charge in [0, 0.05) is 19.6 Å². The van der Waals surface area contributed by atoms with E-state index in [-0.39, 0.29) is 6.42 Å². The average molecular weight is 382 g/mol. The number of hydrogen-bond acceptors (Lipinski definition) is 3. The molecule has 0 heterocycles. The van der Waals surface area contributed by atoms with Crippen LogP contribution in [0.4, 0.5) is 0 Å². The number of nitrogens with zero attached hydrogens (tertiary/aromatic N) is 1. The van der Waals surface area contributed by atoms with Crippen molar-refractivity contribution in [1.82, 2.24) is 4.90 Å². The van der Waals surface area contributed by atoms with Gasteiger partial charge in [-0.05, 0) is 55.9 Å². The minimum absolute atomic E-state index is 0.143. The molecule has 0 saturated heterocycles. The van der Waals surface area contributed by atoms with E-state index in [0.29, 0.717) is 19.2 Å². The third kappa shape index (κ3) is 6.68. The van der Waals surface area contributed by atoms with Crippen molar-refractivity contribution in [2.75, 3.05) is 6.54 Å². The summed E-state index contributed by atoms with van der Waals surface area (Å²) in [5, 5.41) is 9.12. The van der Waals surface area contributed by atoms with Crippen molar-refractivity contribution < 1.29 is 14.6 Å². The molecular formula is C24H31NO3. The maximum atomic E-state index is 11.1. The molecule has 0 bridgehead atoms. The highest BCUT2D eigenvalue weighted by atomic mass is 16.5. The highest BCUT2D eigenvalue weighted by Gasteiger charge is 2.15. The van der Waals surface area contributed by atoms with Crippen molar-refractivity contribution >= 4 is 5.97 Å². The maximum absolute atomic E-state index is 11.1. The van der Waals surface area contributed by atoms with Gasteiger partial charge in [-0.1, -0.05) is 48.4 Å². The van der Waals surface area contributed by atoms with Crippen LogP contribution < -0.4 is 4.74 Å². The van der Waals surface area contributed by atoms with Crippen molar-refractivity contribution in [2.45, 2.75) is 64.6 Å². The summed E-state index contributed by atoms with van der Waals surface area (Å²) in [7, 11) is 0. The molecule has 0 aliphatic heterocycles. The van der Waals surface area contributed by atoms with Crippen LogP contribution in [-0.4, -0.2) is 28.6 Å². The fraction of sp³-hybridized carbons (Fsp3) is 0.458. The smallest absolute Gasteiger partial charge is 0.304 e. The first-order valence-corrected chi connectivity index (χ1v) is 10.3. The van der Waals surface area contributed by atoms with Gasteiger partial charge < -0.3 is 9.84 Å². The second-order valence-electron chi connectivity index (χ2n) is 7.87. The Bertz CT molecular complexity index is 768. The topological polar surface area (TPSA) is 49.8 Å². The monoisotopic (exact) mass is 381 g/mol. The summed E-state index contributed by atoms with van der Waals surface area (Å²) in [6, 6.07) is 16.7. The van der Waals surface area contributed by atoms with Crippen LogP contribution in [0.1, 0.15) is 55.2 Å². The van der Waals surface area contributed by atoms with Gasteiger partial charge in [0.25, 0.3) is 0 Å². The van der Waals surface area contributed by atoms with E-state index in [1.165, 1.54) is 30.4 Å². The van der Waals surface area contributed by atoms with E-state index in [1.807, 2.05) is 12.1 Å². The maximum Gasteiger partial charge on any atom is 0.304 e. The van der Waals surface area contributed by atoms with E-state index in [1.54, 1.807) is 0 Å². The summed E-state index contributed by atoms with van der Waals surface area (Å²) in [4.78, 5) is 13.3. The van der Waals surface area contributed by atoms with Crippen LogP contribution in [0.3, 0.4) is 0 Å². The van der Waals surface area contributed by atoms with Gasteiger partial charge in [0.1, 0.15) is 5.75 Å². The molecule has 28 heavy (non-hydrogen) atoms. The van der Waals surface area contributed by atoms with Gasteiger partial charge in [-0.25, -0.2) is 0 Å². The third-order valence-corrected chi connectivity index (χ3v) is 5.29. The van der Waals surface area contributed by atoms with Crippen LogP contribution in [0.25, 0.3) is 0 Å². The summed E-state index contributed by atoms with van der Waals surface area (Å²) in [5.74, 6) is 0.168. The zero-order valence-electron chi connectivity index (χ0n) is 16.8. The number of ether oxygens (including phenoxy) is 1. The van der Waals surface area contributed by atoms with E-state index in [0.717, 1.165) is 30.7 Å². The molecule has 1 N–H and O–H groups in total. The van der Waals surface area contributed by atoms with Gasteiger partial charge in [0.05, 0.1) is 12.5 Å². The van der Waals surface area contributed by atoms with Crippen molar-refractivity contribution in [1.29, 1.82) is 0 Å². The molecule has 0 atom stereocenters. The highest BCUT2D eigenvalue weighted by molar-refractivity contribution is 5.66. The Morgan fingerprint density at radius 2 is 1.71 bits per heavy atom. The number of aliphatic carboxylic acids is 1. The quantitative estimate of drug-likeness (QED) is 0.650. The first-order chi connectivity index (χ1) is 13.6. The Balaban J connectivity index is 1.66. The van der Waals surface area contributed by atoms with E-state index in [2.05, 4.69) is 48.2 Å². The normalized spacial score (nSPS) is 14.9. The molecule has 0 amide bonds. The molecule has 1 saturated carbocycles. The van der Waals surface area contributed by atoms with E-state index in [4.69, 9.17) is 9.84 Å². The fourth-order valence-electron chi connectivity index (χ4n) is 3.89. The molecule has 1 aliphatic rings. The lowest BCUT2D eigenvalue weighted by Gasteiger charge is -2.24. The lowest BCUT2D eigenvalue weighted by molar-refractivity contribution is -0.137. The number of rotatable bonds is 9. The molecular weight excluding hydrogens is 350 g/mol. The standard InChI is InChI=1S/C24H31NO3/c1-19-7-5-8-20(15-19)17-25(14-13-24(26)27)18-21-9-6-12-23(16-21)28-22-10-3-2-4-11-22/h5-9,12,15-16,22H,2-4,10-11,13-14,17-18H2,1H3,(H,26,27). The van der Waals surface area contributed by atoms with Crippen LogP contribution in [0.2, 0.25) is 0 Å². The number of carbonyl (C=O) groups is 1. The van der Waals surface area contributed by atoms with Crippen molar-refractivity contribution in [3.05, 3.63) is 65.2 Å². The molecule has 0 unspecified atom stereocenters. The van der Waals surface area contributed by atoms with Crippen LogP contribution in [0.5, 0.6) is 5.75 Å². The Morgan fingerprint density at radius 3 is 2.39 bits per heavy atom. The zero-order valence-corrected chi connectivity index (χ0v) is 16.8. The molecule has 1 fully saturated rings. The molecule has 3 rings (SSSR count). The summed E-state index contributed by atoms with van der Waals surface area (Å²) < 4.78 is 6.20. The molecule has 1 aliphatic carbocycles. The summed E-state index contributed by atoms with van der Waals surface area (Å²) in [5.41, 5.74) is 3.59. The Hall–Kier alpha value is -2.33. The van der Waals surface area contributed by atoms with Gasteiger partial charge >= 0.3 is 5.97 Å². The second kappa shape index (κ2) is 10.3. The van der Waals surface area contributed by atoms with Crippen LogP contribution >= 0.6 is 0 Å². The largest absolute Gasteiger partial charge is 0.490 e. The van der Waals surface area contributed by atoms with Gasteiger partial charge in [0.15, 0.2) is 0 Å². The summed E-state index contributed by atoms with van der Waals surface area (Å²) in [6.45, 7) is 4.06. The molecule has 2 aromatic carbocycles. The summed E-state index contributed by atoms with van der Waals surface area (Å²) >= 11 is 0. The predicted molar refractivity (Wildman–Crippen MR) is 111 cm³/mol. The van der Waals surface area contributed by atoms with Crippen molar-refractivity contribution in [3.8, 4) is 5.75 Å². The Morgan fingerprint density at radius 1 is 1.04 bits per heavy atom. The lowest BCUT2D eigenvalue weighted by atomic mass is 9.98. The molecule has 4 heteroatoms. The van der Waals surface area contributed by atoms with Crippen LogP contribution in [0, 0.1) is 6.92 Å². The number of carboxylic acid groups (broad SMARTS) is 1. The SMILES string of the molecule is Cc1cccc(CN(CCC(=O)O)Cc2cccc(OC3CCCCC3)c2)c1. The first kappa shape index (κ1) is 20.4. The number of benzene rings is 2. The fourth-order valence-corrected chi connectivity index (χ4v) is 3.89. The molecule has 2 aromatic rings. The third-order valence-electron chi connectivity index (χ3n) is 5.29. The van der Waals surface area contributed by atoms with Crippen LogP contribution in [-0.2, 0) is 17.9 Å². The predicted octanol–water partition coefficient (Wildman–Crippen LogP) is 5.18. The number of carboxylic acids is 1. The minimum atomic E-state index is -0.761. The van der Waals surface area contributed by atoms with E-state index in [9.17, 15) is 4.79 Å². The Kier molecular flexibility index (Phi) is 7.49. The second-order valence-corrected chi connectivity index (χ2v) is 7.87. The van der Waals surface area contributed by atoms with Crippen molar-refractivity contribution in [3.63, 3.8) is 0 Å². The Labute approximate surface area is 168 Å². The molecule has 0 aromatic heterocycles. The van der Waals surface area contributed by atoms with Gasteiger partial charge in [-0.3, -0.25) is 9.69 Å². The first-order valence-electron chi connectivity index (χ1n) is 10.3. The number of aryl methyl sites for hydroxylation is 1. The van der Waals surface area contributed by atoms with Gasteiger partial charge in [-0.2, -0.15) is 0 Å². The average Bonchev–Trinajstić information content (AvgIpc) is 2.67. The molecule has 150 valence electrons. The van der Waals surface area contributed by atoms with E-state index >= 15 is 0 Å². The summed E-state index contributed by atoms with van der Waals surface area (Å²) in [6.07, 6.45) is 6.58.